The predicted octanol–water partition coefficient (Wildman–Crippen LogP) is 5.52. The van der Waals surface area contributed by atoms with E-state index in [1.807, 2.05) is 0 Å². The number of benzene rings is 3. The molecule has 12 nitrogen and oxygen atoms in total. The molecular weight excluding hydrogens is 713 g/mol. The molecule has 0 saturated carbocycles. The molecule has 0 unspecified atom stereocenters. The van der Waals surface area contributed by atoms with E-state index in [9.17, 15) is 25.6 Å². The van der Waals surface area contributed by atoms with E-state index in [0.717, 1.165) is 24.5 Å². The van der Waals surface area contributed by atoms with Crippen molar-refractivity contribution in [2.75, 3.05) is 57.0 Å². The molecule has 3 aromatic carbocycles. The zero-order chi connectivity index (χ0) is 35.6. The maximum absolute atomic E-state index is 14.6. The van der Waals surface area contributed by atoms with Crippen LogP contribution in [0.15, 0.2) is 76.7 Å². The van der Waals surface area contributed by atoms with Crippen molar-refractivity contribution in [3.05, 3.63) is 84.1 Å². The Morgan fingerprint density at radius 2 is 1.66 bits per heavy atom. The van der Waals surface area contributed by atoms with E-state index in [1.165, 1.54) is 56.0 Å². The molecule has 50 heavy (non-hydrogen) atoms. The molecule has 1 fully saturated rings. The fourth-order valence-corrected chi connectivity index (χ4v) is 8.68. The molecule has 3 heterocycles. The van der Waals surface area contributed by atoms with Crippen LogP contribution in [0, 0.1) is 11.6 Å². The van der Waals surface area contributed by atoms with Gasteiger partial charge in [-0.25, -0.2) is 40.6 Å². The average molecular weight is 744 g/mol. The second kappa shape index (κ2) is 14.3. The first-order valence-electron chi connectivity index (χ1n) is 15.0. The molecule has 2 aromatic heterocycles. The van der Waals surface area contributed by atoms with Gasteiger partial charge in [-0.3, -0.25) is 0 Å². The van der Waals surface area contributed by atoms with Crippen LogP contribution in [0.3, 0.4) is 0 Å². The number of hydrogen-bond donors (Lipinski definition) is 1. The Kier molecular flexibility index (Phi) is 10.0. The highest BCUT2D eigenvalue weighted by Crippen LogP contribution is 2.44. The quantitative estimate of drug-likeness (QED) is 0.182. The zero-order valence-electron chi connectivity index (χ0n) is 27.0. The van der Waals surface area contributed by atoms with Gasteiger partial charge < -0.3 is 24.4 Å². The maximum Gasteiger partial charge on any atom is 0.227 e. The van der Waals surface area contributed by atoms with Gasteiger partial charge in [0.1, 0.15) is 28.0 Å². The number of methoxy groups -OCH3 is 2. The van der Waals surface area contributed by atoms with Gasteiger partial charge in [0.05, 0.1) is 60.0 Å². The van der Waals surface area contributed by atoms with E-state index in [1.54, 1.807) is 18.2 Å². The van der Waals surface area contributed by atoms with E-state index < -0.39 is 42.0 Å². The van der Waals surface area contributed by atoms with Crippen molar-refractivity contribution in [1.29, 1.82) is 0 Å². The summed E-state index contributed by atoms with van der Waals surface area (Å²) >= 11 is 1.35. The van der Waals surface area contributed by atoms with Crippen molar-refractivity contribution in [3.63, 3.8) is 0 Å². The minimum atomic E-state index is -4.48. The molecule has 6 rings (SSSR count). The van der Waals surface area contributed by atoms with Gasteiger partial charge in [0.2, 0.25) is 5.95 Å². The summed E-state index contributed by atoms with van der Waals surface area (Å²) in [5, 5.41) is 3.71. The lowest BCUT2D eigenvalue weighted by atomic mass is 10.0. The minimum absolute atomic E-state index is 0.0728. The molecule has 5 aromatic rings. The van der Waals surface area contributed by atoms with Crippen LogP contribution in [0.25, 0.3) is 21.8 Å². The van der Waals surface area contributed by atoms with Crippen LogP contribution < -0.4 is 19.7 Å². The second-order valence-electron chi connectivity index (χ2n) is 11.1. The molecule has 1 saturated heterocycles. The number of morpholine rings is 1. The number of rotatable bonds is 11. The molecule has 0 spiro atoms. The van der Waals surface area contributed by atoms with Gasteiger partial charge in [-0.2, -0.15) is 0 Å². The predicted molar refractivity (Wildman–Crippen MR) is 185 cm³/mol. The maximum atomic E-state index is 14.6. The van der Waals surface area contributed by atoms with Crippen molar-refractivity contribution in [1.82, 2.24) is 15.0 Å². The Morgan fingerprint density at radius 1 is 0.940 bits per heavy atom. The SMILES string of the molecule is COc1ccc(S(C)(=O)=O)cc1Nc1nccc(-c2sc(N3CCOCC3)nc2-c2cccc(CS(=O)(=O)c3c(F)cccc3F)c2OC)n1. The van der Waals surface area contributed by atoms with Crippen LogP contribution >= 0.6 is 11.3 Å². The van der Waals surface area contributed by atoms with Crippen LogP contribution in [0.4, 0.5) is 25.5 Å². The number of anilines is 3. The Hall–Kier alpha value is -4.71. The topological polar surface area (TPSA) is 150 Å². The summed E-state index contributed by atoms with van der Waals surface area (Å²) in [5.41, 5.74) is 1.79. The number of hydrogen-bond acceptors (Lipinski definition) is 13. The van der Waals surface area contributed by atoms with Gasteiger partial charge in [-0.05, 0) is 42.5 Å². The molecule has 1 N–H and O–H groups in total. The van der Waals surface area contributed by atoms with E-state index in [0.29, 0.717) is 64.7 Å². The number of aromatic nitrogens is 3. The number of nitrogens with zero attached hydrogens (tertiary/aromatic N) is 4. The number of ether oxygens (including phenoxy) is 3. The molecule has 0 amide bonds. The normalized spacial score (nSPS) is 13.7. The third-order valence-corrected chi connectivity index (χ3v) is 11.7. The standard InChI is InChI=1S/C33H31F2N5O7S3/c1-45-27-11-10-21(49(3,41)42)18-26(27)38-32-36-13-12-25(37-32)30-28(39-33(48-30)40-14-16-47-17-15-40)22-7-4-6-20(29(22)46-2)19-50(43,44)31-23(34)8-5-9-24(31)35/h4-13,18H,14-17,19H2,1-3H3,(H,36,37,38). The molecule has 17 heteroatoms. The summed E-state index contributed by atoms with van der Waals surface area (Å²) in [6.45, 7) is 2.18. The monoisotopic (exact) mass is 743 g/mol. The fraction of sp³-hybridized carbons (Fsp3) is 0.242. The highest BCUT2D eigenvalue weighted by molar-refractivity contribution is 7.91. The van der Waals surface area contributed by atoms with Gasteiger partial charge in [0.15, 0.2) is 24.8 Å². The molecule has 1 aliphatic rings. The molecular formula is C33H31F2N5O7S3. The van der Waals surface area contributed by atoms with Crippen molar-refractivity contribution in [3.8, 4) is 33.3 Å². The molecule has 0 aliphatic carbocycles. The van der Waals surface area contributed by atoms with E-state index in [2.05, 4.69) is 15.2 Å². The number of halogens is 2. The van der Waals surface area contributed by atoms with Crippen molar-refractivity contribution < 1.29 is 39.8 Å². The number of sulfone groups is 2. The summed E-state index contributed by atoms with van der Waals surface area (Å²) < 4.78 is 97.0. The van der Waals surface area contributed by atoms with Gasteiger partial charge >= 0.3 is 0 Å². The lowest BCUT2D eigenvalue weighted by Gasteiger charge is -2.26. The van der Waals surface area contributed by atoms with Gasteiger partial charge in [-0.15, -0.1) is 0 Å². The summed E-state index contributed by atoms with van der Waals surface area (Å²) in [6.07, 6.45) is 2.63. The fourth-order valence-electron chi connectivity index (χ4n) is 5.42. The van der Waals surface area contributed by atoms with Crippen LogP contribution in [-0.4, -0.2) is 78.6 Å². The number of thiazole rings is 1. The highest BCUT2D eigenvalue weighted by atomic mass is 32.2. The van der Waals surface area contributed by atoms with E-state index >= 15 is 0 Å². The Bertz CT molecular complexity index is 2260. The summed E-state index contributed by atoms with van der Waals surface area (Å²) in [7, 11) is -5.18. The van der Waals surface area contributed by atoms with Crippen molar-refractivity contribution >= 4 is 47.8 Å². The second-order valence-corrected chi connectivity index (χ2v) is 16.0. The van der Waals surface area contributed by atoms with Gasteiger partial charge in [0.25, 0.3) is 0 Å². The number of nitrogens with one attached hydrogen (secondary N) is 1. The highest BCUT2D eigenvalue weighted by Gasteiger charge is 2.29. The largest absolute Gasteiger partial charge is 0.496 e. The van der Waals surface area contributed by atoms with Crippen LogP contribution in [0.1, 0.15) is 5.56 Å². The van der Waals surface area contributed by atoms with E-state index in [-0.39, 0.29) is 22.2 Å². The summed E-state index contributed by atoms with van der Waals surface area (Å²) in [6, 6.07) is 13.8. The summed E-state index contributed by atoms with van der Waals surface area (Å²) in [4.78, 5) is 15.7. The van der Waals surface area contributed by atoms with Crippen LogP contribution in [0.2, 0.25) is 0 Å². The molecule has 262 valence electrons. The first kappa shape index (κ1) is 35.1. The van der Waals surface area contributed by atoms with Gasteiger partial charge in [-0.1, -0.05) is 29.5 Å². The van der Waals surface area contributed by atoms with Crippen LogP contribution in [-0.2, 0) is 30.2 Å². The molecule has 0 radical (unpaired) electrons. The third kappa shape index (κ3) is 7.26. The first-order chi connectivity index (χ1) is 23.9. The minimum Gasteiger partial charge on any atom is -0.496 e. The van der Waals surface area contributed by atoms with E-state index in [4.69, 9.17) is 24.2 Å². The smallest absolute Gasteiger partial charge is 0.227 e. The molecule has 0 atom stereocenters. The van der Waals surface area contributed by atoms with Crippen molar-refractivity contribution in [2.45, 2.75) is 15.5 Å². The summed E-state index contributed by atoms with van der Waals surface area (Å²) in [5.74, 6) is -2.46. The Morgan fingerprint density at radius 3 is 2.34 bits per heavy atom. The van der Waals surface area contributed by atoms with Crippen molar-refractivity contribution in [2.24, 2.45) is 0 Å². The third-order valence-electron chi connectivity index (χ3n) is 7.76. The zero-order valence-corrected chi connectivity index (χ0v) is 29.5. The Labute approximate surface area is 291 Å². The van der Waals surface area contributed by atoms with Crippen LogP contribution in [0.5, 0.6) is 11.5 Å². The molecule has 0 bridgehead atoms. The lowest BCUT2D eigenvalue weighted by molar-refractivity contribution is 0.122. The average Bonchev–Trinajstić information content (AvgIpc) is 3.53. The molecule has 1 aliphatic heterocycles. The lowest BCUT2D eigenvalue weighted by Crippen LogP contribution is -2.36. The van der Waals surface area contributed by atoms with Gasteiger partial charge in [0, 0.05) is 36.7 Å². The first-order valence-corrected chi connectivity index (χ1v) is 19.4. The number of para-hydroxylation sites is 1. The Balaban J connectivity index is 1.45.